The van der Waals surface area contributed by atoms with E-state index in [4.69, 9.17) is 5.73 Å². The summed E-state index contributed by atoms with van der Waals surface area (Å²) in [4.78, 5) is 11.7. The van der Waals surface area contributed by atoms with Crippen LogP contribution in [0.5, 0.6) is 0 Å². The Balaban J connectivity index is 1.62. The third-order valence-electron chi connectivity index (χ3n) is 5.27. The minimum Gasteiger partial charge on any atom is -0.327 e. The van der Waals surface area contributed by atoms with Gasteiger partial charge in [0.05, 0.1) is 0 Å². The Hall–Kier alpha value is -1.93. The molecule has 0 radical (unpaired) electrons. The molecular weight excluding hydrogens is 270 g/mol. The fourth-order valence-corrected chi connectivity index (χ4v) is 3.96. The van der Waals surface area contributed by atoms with E-state index in [1.165, 1.54) is 35.1 Å². The molecule has 0 heterocycles. The second-order valence-electron chi connectivity index (χ2n) is 6.62. The van der Waals surface area contributed by atoms with E-state index in [1.54, 1.807) is 0 Å². The number of benzene rings is 2. The largest absolute Gasteiger partial charge is 0.327 e. The molecule has 0 amide bonds. The van der Waals surface area contributed by atoms with E-state index < -0.39 is 0 Å². The number of hydrogen-bond acceptors (Lipinski definition) is 2. The van der Waals surface area contributed by atoms with Crippen molar-refractivity contribution in [3.8, 4) is 11.1 Å². The van der Waals surface area contributed by atoms with Crippen LogP contribution in [0.25, 0.3) is 11.1 Å². The summed E-state index contributed by atoms with van der Waals surface area (Å²) in [5.41, 5.74) is 12.1. The van der Waals surface area contributed by atoms with Crippen molar-refractivity contribution in [3.63, 3.8) is 0 Å². The fourth-order valence-electron chi connectivity index (χ4n) is 3.96. The molecule has 22 heavy (non-hydrogen) atoms. The van der Waals surface area contributed by atoms with E-state index in [2.05, 4.69) is 36.4 Å². The van der Waals surface area contributed by atoms with Crippen molar-refractivity contribution >= 4 is 5.78 Å². The Morgan fingerprint density at radius 3 is 2.41 bits per heavy atom. The summed E-state index contributed by atoms with van der Waals surface area (Å²) in [7, 11) is 0. The predicted molar refractivity (Wildman–Crippen MR) is 89.1 cm³/mol. The minimum atomic E-state index is 0.284. The molecule has 2 unspecified atom stereocenters. The van der Waals surface area contributed by atoms with E-state index in [-0.39, 0.29) is 5.78 Å². The summed E-state index contributed by atoms with van der Waals surface area (Å²) in [6, 6.07) is 15.4. The van der Waals surface area contributed by atoms with Gasteiger partial charge < -0.3 is 5.73 Å². The number of aryl methyl sites for hydroxylation is 1. The topological polar surface area (TPSA) is 43.1 Å². The zero-order valence-electron chi connectivity index (χ0n) is 12.7. The number of Topliss-reactive ketones (excluding diaryl/α,β-unsaturated/α-hetero) is 1. The molecule has 2 aromatic carbocycles. The zero-order valence-corrected chi connectivity index (χ0v) is 12.7. The minimum absolute atomic E-state index is 0.284. The molecular formula is C20H21NO. The maximum absolute atomic E-state index is 11.7. The highest BCUT2D eigenvalue weighted by molar-refractivity contribution is 6.00. The van der Waals surface area contributed by atoms with Gasteiger partial charge in [0, 0.05) is 18.0 Å². The van der Waals surface area contributed by atoms with Crippen molar-refractivity contribution in [1.29, 1.82) is 0 Å². The second kappa shape index (κ2) is 5.36. The van der Waals surface area contributed by atoms with E-state index in [0.29, 0.717) is 18.4 Å². The van der Waals surface area contributed by atoms with Crippen LogP contribution in [0.4, 0.5) is 0 Å². The summed E-state index contributed by atoms with van der Waals surface area (Å²) in [5, 5.41) is 0. The molecule has 2 aromatic rings. The van der Waals surface area contributed by atoms with Crippen LogP contribution in [0.3, 0.4) is 0 Å². The van der Waals surface area contributed by atoms with Crippen LogP contribution in [0.15, 0.2) is 42.5 Å². The molecule has 2 heteroatoms. The number of rotatable bonds is 2. The van der Waals surface area contributed by atoms with Gasteiger partial charge in [-0.15, -0.1) is 0 Å². The van der Waals surface area contributed by atoms with Crippen molar-refractivity contribution in [1.82, 2.24) is 0 Å². The number of carbonyl (C=O) groups excluding carboxylic acids is 1. The lowest BCUT2D eigenvalue weighted by molar-refractivity contribution is 0.0994. The van der Waals surface area contributed by atoms with Crippen LogP contribution >= 0.6 is 0 Å². The molecule has 0 saturated heterocycles. The first-order valence-corrected chi connectivity index (χ1v) is 8.24. The maximum Gasteiger partial charge on any atom is 0.163 e. The lowest BCUT2D eigenvalue weighted by atomic mass is 9.92. The monoisotopic (exact) mass is 291 g/mol. The van der Waals surface area contributed by atoms with Gasteiger partial charge in [0.1, 0.15) is 0 Å². The summed E-state index contributed by atoms with van der Waals surface area (Å²) >= 11 is 0. The fraction of sp³-hybridized carbons (Fsp3) is 0.350. The Kier molecular flexibility index (Phi) is 3.34. The van der Waals surface area contributed by atoms with Crippen molar-refractivity contribution < 1.29 is 4.79 Å². The molecule has 1 saturated carbocycles. The van der Waals surface area contributed by atoms with Gasteiger partial charge in [-0.3, -0.25) is 4.79 Å². The van der Waals surface area contributed by atoms with Crippen molar-refractivity contribution in [3.05, 3.63) is 59.2 Å². The molecule has 0 bridgehead atoms. The first kappa shape index (κ1) is 13.7. The molecule has 4 rings (SSSR count). The SMILES string of the molecule is NC1CCCC1c1ccc(-c2ccc3c(c2)CCC3=O)cc1. The highest BCUT2D eigenvalue weighted by Crippen LogP contribution is 2.35. The standard InChI is InChI=1S/C20H21NO/c21-19-3-1-2-17(19)14-6-4-13(5-7-14)15-8-10-18-16(12-15)9-11-20(18)22/h4-8,10,12,17,19H,1-3,9,11,21H2. The third kappa shape index (κ3) is 2.28. The number of fused-ring (bicyclic) bond motifs is 1. The van der Waals surface area contributed by atoms with Crippen LogP contribution in [-0.4, -0.2) is 11.8 Å². The highest BCUT2D eigenvalue weighted by Gasteiger charge is 2.25. The summed E-state index contributed by atoms with van der Waals surface area (Å²) in [6.45, 7) is 0. The van der Waals surface area contributed by atoms with Gasteiger partial charge in [-0.25, -0.2) is 0 Å². The van der Waals surface area contributed by atoms with Crippen molar-refractivity contribution in [2.24, 2.45) is 5.73 Å². The molecule has 2 nitrogen and oxygen atoms in total. The molecule has 0 aromatic heterocycles. The van der Waals surface area contributed by atoms with Gasteiger partial charge in [0.25, 0.3) is 0 Å². The normalized spacial score (nSPS) is 23.8. The smallest absolute Gasteiger partial charge is 0.163 e. The van der Waals surface area contributed by atoms with Crippen LogP contribution in [-0.2, 0) is 6.42 Å². The average Bonchev–Trinajstić information content (AvgIpc) is 3.14. The van der Waals surface area contributed by atoms with Crippen LogP contribution < -0.4 is 5.73 Å². The number of hydrogen-bond donors (Lipinski definition) is 1. The van der Waals surface area contributed by atoms with Gasteiger partial charge in [-0.05, 0) is 47.4 Å². The van der Waals surface area contributed by atoms with Crippen LogP contribution in [0, 0.1) is 0 Å². The van der Waals surface area contributed by atoms with Crippen LogP contribution in [0.1, 0.15) is 53.1 Å². The molecule has 1 fully saturated rings. The van der Waals surface area contributed by atoms with Gasteiger partial charge in [-0.2, -0.15) is 0 Å². The Morgan fingerprint density at radius 2 is 1.68 bits per heavy atom. The third-order valence-corrected chi connectivity index (χ3v) is 5.27. The summed E-state index contributed by atoms with van der Waals surface area (Å²) in [5.74, 6) is 0.804. The van der Waals surface area contributed by atoms with Crippen molar-refractivity contribution in [2.45, 2.75) is 44.1 Å². The first-order valence-electron chi connectivity index (χ1n) is 8.24. The Labute approximate surface area is 131 Å². The van der Waals surface area contributed by atoms with Gasteiger partial charge in [-0.1, -0.05) is 48.9 Å². The van der Waals surface area contributed by atoms with Crippen LogP contribution in [0.2, 0.25) is 0 Å². The molecule has 2 aliphatic rings. The second-order valence-corrected chi connectivity index (χ2v) is 6.62. The van der Waals surface area contributed by atoms with Crippen molar-refractivity contribution in [2.75, 3.05) is 0 Å². The molecule has 2 atom stereocenters. The lowest BCUT2D eigenvalue weighted by Crippen LogP contribution is -2.22. The molecule has 0 aliphatic heterocycles. The maximum atomic E-state index is 11.7. The average molecular weight is 291 g/mol. The first-order chi connectivity index (χ1) is 10.7. The lowest BCUT2D eigenvalue weighted by Gasteiger charge is -2.16. The van der Waals surface area contributed by atoms with Gasteiger partial charge >= 0.3 is 0 Å². The zero-order chi connectivity index (χ0) is 15.1. The van der Waals surface area contributed by atoms with E-state index in [0.717, 1.165) is 18.4 Å². The van der Waals surface area contributed by atoms with Gasteiger partial charge in [0.2, 0.25) is 0 Å². The van der Waals surface area contributed by atoms with E-state index in [1.807, 2.05) is 6.07 Å². The molecule has 112 valence electrons. The molecule has 2 aliphatic carbocycles. The summed E-state index contributed by atoms with van der Waals surface area (Å²) < 4.78 is 0. The summed E-state index contributed by atoms with van der Waals surface area (Å²) in [6.07, 6.45) is 5.15. The number of nitrogens with two attached hydrogens (primary N) is 1. The Morgan fingerprint density at radius 1 is 0.909 bits per heavy atom. The highest BCUT2D eigenvalue weighted by atomic mass is 16.1. The quantitative estimate of drug-likeness (QED) is 0.906. The molecule has 0 spiro atoms. The van der Waals surface area contributed by atoms with E-state index >= 15 is 0 Å². The molecule has 2 N–H and O–H groups in total. The predicted octanol–water partition coefficient (Wildman–Crippen LogP) is 4.08. The number of carbonyl (C=O) groups is 1. The van der Waals surface area contributed by atoms with Gasteiger partial charge in [0.15, 0.2) is 5.78 Å². The number of ketones is 1. The Bertz CT molecular complexity index is 717. The van der Waals surface area contributed by atoms with E-state index in [9.17, 15) is 4.79 Å².